The van der Waals surface area contributed by atoms with Gasteiger partial charge in [0, 0.05) is 22.7 Å². The average Bonchev–Trinajstić information content (AvgIpc) is 2.59. The standard InChI is InChI=1S/C16H15N3O2S2/c1-2-12-3-7-14(8-4-12)19-16(22)18-11-13-5-9-15(10-6-13)23-21-20-17/h1,3-10H,11,17H2,(H2,18,19,22). The van der Waals surface area contributed by atoms with Crippen LogP contribution in [0.2, 0.25) is 0 Å². The molecule has 0 saturated heterocycles. The van der Waals surface area contributed by atoms with Crippen LogP contribution in [0.15, 0.2) is 53.4 Å². The van der Waals surface area contributed by atoms with E-state index in [-0.39, 0.29) is 0 Å². The van der Waals surface area contributed by atoms with Crippen molar-refractivity contribution in [3.8, 4) is 12.3 Å². The van der Waals surface area contributed by atoms with Crippen LogP contribution in [0.3, 0.4) is 0 Å². The Balaban J connectivity index is 1.80. The number of hydrogen-bond acceptors (Lipinski definition) is 5. The Hall–Kier alpha value is -2.08. The van der Waals surface area contributed by atoms with Gasteiger partial charge < -0.3 is 10.6 Å². The number of anilines is 1. The highest BCUT2D eigenvalue weighted by molar-refractivity contribution is 7.94. The lowest BCUT2D eigenvalue weighted by Gasteiger charge is -2.11. The lowest BCUT2D eigenvalue weighted by molar-refractivity contribution is -0.195. The molecule has 0 aromatic heterocycles. The Kier molecular flexibility index (Phi) is 6.87. The highest BCUT2D eigenvalue weighted by Gasteiger charge is 2.00. The molecule has 0 aliphatic heterocycles. The molecule has 118 valence electrons. The van der Waals surface area contributed by atoms with Gasteiger partial charge in [-0.05, 0) is 54.2 Å². The van der Waals surface area contributed by atoms with E-state index < -0.39 is 0 Å². The van der Waals surface area contributed by atoms with Crippen molar-refractivity contribution in [1.82, 2.24) is 5.32 Å². The molecule has 2 aromatic carbocycles. The molecule has 0 aliphatic carbocycles. The maximum atomic E-state index is 5.32. The van der Waals surface area contributed by atoms with Gasteiger partial charge in [0.1, 0.15) is 0 Å². The van der Waals surface area contributed by atoms with Gasteiger partial charge in [-0.1, -0.05) is 18.1 Å². The quantitative estimate of drug-likeness (QED) is 0.244. The van der Waals surface area contributed by atoms with Gasteiger partial charge in [0.15, 0.2) is 5.11 Å². The topological polar surface area (TPSA) is 68.5 Å². The SMILES string of the molecule is C#Cc1ccc(NC(=S)NCc2ccc(SOON)cc2)cc1. The molecule has 4 N–H and O–H groups in total. The van der Waals surface area contributed by atoms with E-state index >= 15 is 0 Å². The average molecular weight is 345 g/mol. The summed E-state index contributed by atoms with van der Waals surface area (Å²) in [5, 5.41) is 6.77. The zero-order chi connectivity index (χ0) is 16.5. The van der Waals surface area contributed by atoms with Gasteiger partial charge in [-0.15, -0.1) is 15.7 Å². The van der Waals surface area contributed by atoms with E-state index in [2.05, 4.69) is 25.9 Å². The molecule has 23 heavy (non-hydrogen) atoms. The minimum absolute atomic E-state index is 0.539. The molecule has 5 nitrogen and oxygen atoms in total. The Labute approximate surface area is 144 Å². The van der Waals surface area contributed by atoms with Gasteiger partial charge >= 0.3 is 0 Å². The third kappa shape index (κ3) is 5.90. The summed E-state index contributed by atoms with van der Waals surface area (Å²) >= 11 is 6.30. The second-order valence-electron chi connectivity index (χ2n) is 4.42. The molecule has 0 fully saturated rings. The summed E-state index contributed by atoms with van der Waals surface area (Å²) in [5.41, 5.74) is 2.79. The largest absolute Gasteiger partial charge is 0.358 e. The van der Waals surface area contributed by atoms with Gasteiger partial charge in [0.2, 0.25) is 0 Å². The summed E-state index contributed by atoms with van der Waals surface area (Å²) in [6.45, 7) is 0.605. The predicted octanol–water partition coefficient (Wildman–Crippen LogP) is 2.98. The molecule has 0 spiro atoms. The van der Waals surface area contributed by atoms with Crippen molar-refractivity contribution in [2.75, 3.05) is 5.32 Å². The van der Waals surface area contributed by atoms with Crippen molar-refractivity contribution in [2.24, 2.45) is 5.90 Å². The van der Waals surface area contributed by atoms with E-state index in [9.17, 15) is 0 Å². The molecule has 0 bridgehead atoms. The monoisotopic (exact) mass is 345 g/mol. The van der Waals surface area contributed by atoms with Crippen molar-refractivity contribution in [2.45, 2.75) is 11.4 Å². The molecule has 0 radical (unpaired) electrons. The first-order chi connectivity index (χ1) is 11.2. The fourth-order valence-electron chi connectivity index (χ4n) is 1.73. The fraction of sp³-hybridized carbons (Fsp3) is 0.0625. The van der Waals surface area contributed by atoms with Gasteiger partial charge in [-0.25, -0.2) is 0 Å². The van der Waals surface area contributed by atoms with E-state index in [0.29, 0.717) is 11.7 Å². The number of terminal acetylenes is 1. The van der Waals surface area contributed by atoms with Crippen LogP contribution in [-0.4, -0.2) is 5.11 Å². The molecule has 0 aliphatic rings. The first-order valence-electron chi connectivity index (χ1n) is 6.62. The Bertz CT molecular complexity index is 682. The smallest absolute Gasteiger partial charge is 0.171 e. The Morgan fingerprint density at radius 2 is 1.87 bits per heavy atom. The van der Waals surface area contributed by atoms with Crippen LogP contribution in [0.4, 0.5) is 5.69 Å². The lowest BCUT2D eigenvalue weighted by Crippen LogP contribution is -2.27. The van der Waals surface area contributed by atoms with Crippen LogP contribution in [0.25, 0.3) is 0 Å². The number of nitrogens with two attached hydrogens (primary N) is 1. The number of nitrogens with one attached hydrogen (secondary N) is 2. The molecule has 7 heteroatoms. The maximum Gasteiger partial charge on any atom is 0.171 e. The van der Waals surface area contributed by atoms with Crippen LogP contribution >= 0.6 is 24.3 Å². The van der Waals surface area contributed by atoms with Crippen molar-refractivity contribution in [3.63, 3.8) is 0 Å². The Morgan fingerprint density at radius 1 is 1.17 bits per heavy atom. The van der Waals surface area contributed by atoms with Gasteiger partial charge in [-0.3, -0.25) is 0 Å². The number of rotatable bonds is 6. The van der Waals surface area contributed by atoms with Crippen LogP contribution in [0.5, 0.6) is 0 Å². The normalized spacial score (nSPS) is 9.91. The summed E-state index contributed by atoms with van der Waals surface area (Å²) in [4.78, 5) is 4.92. The molecular formula is C16H15N3O2S2. The third-order valence-electron chi connectivity index (χ3n) is 2.86. The second kappa shape index (κ2) is 9.15. The van der Waals surface area contributed by atoms with Crippen molar-refractivity contribution >= 4 is 35.1 Å². The highest BCUT2D eigenvalue weighted by atomic mass is 32.2. The van der Waals surface area contributed by atoms with Gasteiger partial charge in [-0.2, -0.15) is 5.90 Å². The number of benzene rings is 2. The summed E-state index contributed by atoms with van der Waals surface area (Å²) in [5.74, 6) is 7.35. The van der Waals surface area contributed by atoms with E-state index in [1.54, 1.807) is 0 Å². The summed E-state index contributed by atoms with van der Waals surface area (Å²) in [6.07, 6.45) is 5.32. The lowest BCUT2D eigenvalue weighted by atomic mass is 10.2. The Morgan fingerprint density at radius 3 is 2.48 bits per heavy atom. The van der Waals surface area contributed by atoms with E-state index in [4.69, 9.17) is 24.5 Å². The summed E-state index contributed by atoms with van der Waals surface area (Å²) in [7, 11) is 0. The molecule has 2 rings (SSSR count). The number of thiocarbonyl (C=S) groups is 1. The van der Waals surface area contributed by atoms with E-state index in [0.717, 1.165) is 33.8 Å². The predicted molar refractivity (Wildman–Crippen MR) is 96.1 cm³/mol. The van der Waals surface area contributed by atoms with E-state index in [1.807, 2.05) is 48.5 Å². The van der Waals surface area contributed by atoms with Crippen LogP contribution < -0.4 is 16.5 Å². The summed E-state index contributed by atoms with van der Waals surface area (Å²) in [6, 6.07) is 15.2. The van der Waals surface area contributed by atoms with Crippen molar-refractivity contribution in [1.29, 1.82) is 0 Å². The van der Waals surface area contributed by atoms with Gasteiger partial charge in [0.25, 0.3) is 0 Å². The number of hydrogen-bond donors (Lipinski definition) is 3. The molecule has 0 saturated carbocycles. The molecule has 2 aromatic rings. The maximum absolute atomic E-state index is 5.32. The summed E-state index contributed by atoms with van der Waals surface area (Å²) < 4.78 is 4.58. The van der Waals surface area contributed by atoms with Crippen LogP contribution in [0, 0.1) is 12.3 Å². The minimum Gasteiger partial charge on any atom is -0.358 e. The first kappa shape index (κ1) is 17.3. The molecule has 0 unspecified atom stereocenters. The van der Waals surface area contributed by atoms with Crippen LogP contribution in [0.1, 0.15) is 11.1 Å². The van der Waals surface area contributed by atoms with E-state index in [1.165, 1.54) is 0 Å². The van der Waals surface area contributed by atoms with Crippen LogP contribution in [-0.2, 0) is 15.9 Å². The van der Waals surface area contributed by atoms with Crippen molar-refractivity contribution in [3.05, 3.63) is 59.7 Å². The molecule has 0 heterocycles. The third-order valence-corrected chi connectivity index (χ3v) is 3.71. The zero-order valence-corrected chi connectivity index (χ0v) is 13.7. The second-order valence-corrected chi connectivity index (χ2v) is 5.60. The van der Waals surface area contributed by atoms with Crippen molar-refractivity contribution < 1.29 is 9.32 Å². The highest BCUT2D eigenvalue weighted by Crippen LogP contribution is 2.19. The first-order valence-corrected chi connectivity index (χ1v) is 7.77. The minimum atomic E-state index is 0.539. The molecular weight excluding hydrogens is 330 g/mol. The zero-order valence-electron chi connectivity index (χ0n) is 12.1. The fourth-order valence-corrected chi connectivity index (χ4v) is 2.28. The molecule has 0 amide bonds. The van der Waals surface area contributed by atoms with Gasteiger partial charge in [0.05, 0.1) is 12.0 Å². The molecule has 0 atom stereocenters.